The van der Waals surface area contributed by atoms with Crippen molar-refractivity contribution in [1.82, 2.24) is 5.43 Å². The zero-order valence-corrected chi connectivity index (χ0v) is 15.7. The quantitative estimate of drug-likeness (QED) is 0.613. The summed E-state index contributed by atoms with van der Waals surface area (Å²) in [4.78, 5) is 12.1. The second kappa shape index (κ2) is 8.67. The van der Waals surface area contributed by atoms with E-state index in [1.165, 1.54) is 5.56 Å². The number of amides is 1. The number of carbonyl (C=O) groups excluding carboxylic acids is 1. The van der Waals surface area contributed by atoms with E-state index in [4.69, 9.17) is 16.3 Å². The second-order valence-corrected chi connectivity index (χ2v) is 6.69. The summed E-state index contributed by atoms with van der Waals surface area (Å²) in [5.41, 5.74) is 6.54. The molecule has 2 rings (SSSR count). The third-order valence-corrected chi connectivity index (χ3v) is 3.81. The molecular weight excluding hydrogens is 336 g/mol. The third kappa shape index (κ3) is 5.91. The maximum absolute atomic E-state index is 12.1. The highest BCUT2D eigenvalue weighted by Crippen LogP contribution is 2.22. The van der Waals surface area contributed by atoms with Gasteiger partial charge in [0.15, 0.2) is 0 Å². The Hall–Kier alpha value is -2.33. The summed E-state index contributed by atoms with van der Waals surface area (Å²) in [5, 5.41) is 4.61. The van der Waals surface area contributed by atoms with E-state index >= 15 is 0 Å². The van der Waals surface area contributed by atoms with Crippen LogP contribution in [0.4, 0.5) is 0 Å². The minimum Gasteiger partial charge on any atom is -0.490 e. The van der Waals surface area contributed by atoms with Gasteiger partial charge in [0, 0.05) is 10.6 Å². The molecule has 0 aliphatic rings. The van der Waals surface area contributed by atoms with Crippen LogP contribution in [0.3, 0.4) is 0 Å². The maximum Gasteiger partial charge on any atom is 0.244 e. The van der Waals surface area contributed by atoms with Crippen LogP contribution >= 0.6 is 11.6 Å². The van der Waals surface area contributed by atoms with Crippen molar-refractivity contribution in [3.05, 3.63) is 63.7 Å². The average Bonchev–Trinajstić information content (AvgIpc) is 2.52. The minimum absolute atomic E-state index is 0.0347. The SMILES string of the molecule is Cc1ccc(CC(=O)N/N=C/c2cc(Cl)ccc2OC(C)C)c(C)c1. The summed E-state index contributed by atoms with van der Waals surface area (Å²) in [6, 6.07) is 11.3. The Bertz CT molecular complexity index is 785. The number of hydrogen-bond donors (Lipinski definition) is 1. The van der Waals surface area contributed by atoms with Gasteiger partial charge in [-0.3, -0.25) is 4.79 Å². The summed E-state index contributed by atoms with van der Waals surface area (Å²) in [6.07, 6.45) is 1.87. The van der Waals surface area contributed by atoms with Gasteiger partial charge < -0.3 is 4.74 Å². The van der Waals surface area contributed by atoms with Crippen LogP contribution in [0, 0.1) is 13.8 Å². The molecule has 0 aromatic heterocycles. The van der Waals surface area contributed by atoms with Crippen molar-refractivity contribution in [3.63, 3.8) is 0 Å². The number of rotatable bonds is 6. The van der Waals surface area contributed by atoms with Crippen molar-refractivity contribution in [2.24, 2.45) is 5.10 Å². The molecule has 2 aromatic rings. The Kier molecular flexibility index (Phi) is 6.59. The molecule has 132 valence electrons. The largest absolute Gasteiger partial charge is 0.490 e. The van der Waals surface area contributed by atoms with Crippen LogP contribution in [0.1, 0.15) is 36.1 Å². The van der Waals surface area contributed by atoms with Gasteiger partial charge in [0.25, 0.3) is 0 Å². The summed E-state index contributed by atoms with van der Waals surface area (Å²) in [7, 11) is 0. The highest BCUT2D eigenvalue weighted by atomic mass is 35.5. The first-order valence-electron chi connectivity index (χ1n) is 8.19. The zero-order valence-electron chi connectivity index (χ0n) is 15.0. The molecule has 0 fully saturated rings. The molecule has 0 unspecified atom stereocenters. The molecule has 4 nitrogen and oxygen atoms in total. The molecule has 0 radical (unpaired) electrons. The maximum atomic E-state index is 12.1. The molecule has 0 saturated carbocycles. The number of nitrogens with zero attached hydrogens (tertiary/aromatic N) is 1. The Morgan fingerprint density at radius 2 is 2.00 bits per heavy atom. The fourth-order valence-electron chi connectivity index (χ4n) is 2.41. The molecule has 0 saturated heterocycles. The van der Waals surface area contributed by atoms with Gasteiger partial charge in [0.05, 0.1) is 18.7 Å². The van der Waals surface area contributed by atoms with Crippen LogP contribution in [0.25, 0.3) is 0 Å². The van der Waals surface area contributed by atoms with E-state index in [0.717, 1.165) is 11.1 Å². The monoisotopic (exact) mass is 358 g/mol. The van der Waals surface area contributed by atoms with Gasteiger partial charge in [-0.2, -0.15) is 5.10 Å². The van der Waals surface area contributed by atoms with Crippen LogP contribution in [0.15, 0.2) is 41.5 Å². The Morgan fingerprint density at radius 3 is 2.68 bits per heavy atom. The lowest BCUT2D eigenvalue weighted by atomic mass is 10.0. The molecule has 5 heteroatoms. The van der Waals surface area contributed by atoms with Crippen molar-refractivity contribution in [3.8, 4) is 5.75 Å². The Balaban J connectivity index is 2.02. The van der Waals surface area contributed by atoms with Gasteiger partial charge in [-0.15, -0.1) is 0 Å². The Morgan fingerprint density at radius 1 is 1.24 bits per heavy atom. The van der Waals surface area contributed by atoms with Gasteiger partial charge in [0.2, 0.25) is 5.91 Å². The van der Waals surface area contributed by atoms with E-state index in [1.54, 1.807) is 24.4 Å². The van der Waals surface area contributed by atoms with Crippen LogP contribution in [-0.4, -0.2) is 18.2 Å². The number of hydrazone groups is 1. The van der Waals surface area contributed by atoms with E-state index in [2.05, 4.69) is 16.6 Å². The highest BCUT2D eigenvalue weighted by Gasteiger charge is 2.07. The first-order chi connectivity index (χ1) is 11.8. The van der Waals surface area contributed by atoms with Crippen molar-refractivity contribution < 1.29 is 9.53 Å². The fourth-order valence-corrected chi connectivity index (χ4v) is 2.59. The highest BCUT2D eigenvalue weighted by molar-refractivity contribution is 6.30. The molecule has 0 aliphatic heterocycles. The van der Waals surface area contributed by atoms with Gasteiger partial charge in [0.1, 0.15) is 5.75 Å². The number of ether oxygens (including phenoxy) is 1. The van der Waals surface area contributed by atoms with E-state index in [1.807, 2.05) is 39.8 Å². The van der Waals surface area contributed by atoms with Crippen LogP contribution in [0.5, 0.6) is 5.75 Å². The van der Waals surface area contributed by atoms with Crippen LogP contribution < -0.4 is 10.2 Å². The summed E-state index contributed by atoms with van der Waals surface area (Å²) < 4.78 is 5.72. The Labute approximate surface area is 153 Å². The van der Waals surface area contributed by atoms with Crippen molar-refractivity contribution >= 4 is 23.7 Å². The van der Waals surface area contributed by atoms with Crippen LogP contribution in [-0.2, 0) is 11.2 Å². The first kappa shape index (κ1) is 19.0. The van der Waals surface area contributed by atoms with Crippen molar-refractivity contribution in [2.45, 2.75) is 40.2 Å². The fraction of sp³-hybridized carbons (Fsp3) is 0.300. The lowest BCUT2D eigenvalue weighted by molar-refractivity contribution is -0.120. The van der Waals surface area contributed by atoms with Crippen LogP contribution in [0.2, 0.25) is 5.02 Å². The molecule has 1 N–H and O–H groups in total. The van der Waals surface area contributed by atoms with Crippen molar-refractivity contribution in [2.75, 3.05) is 0 Å². The number of benzene rings is 2. The zero-order chi connectivity index (χ0) is 18.4. The predicted octanol–water partition coefficient (Wildman–Crippen LogP) is 4.44. The van der Waals surface area contributed by atoms with E-state index in [-0.39, 0.29) is 18.4 Å². The molecule has 0 bridgehead atoms. The van der Waals surface area contributed by atoms with Gasteiger partial charge in [-0.1, -0.05) is 35.4 Å². The van der Waals surface area contributed by atoms with Gasteiger partial charge in [-0.05, 0) is 57.0 Å². The number of aryl methyl sites for hydroxylation is 2. The topological polar surface area (TPSA) is 50.7 Å². The molecular formula is C20H23ClN2O2. The molecule has 1 amide bonds. The molecule has 2 aromatic carbocycles. The predicted molar refractivity (Wildman–Crippen MR) is 103 cm³/mol. The molecule has 0 aliphatic carbocycles. The molecule has 25 heavy (non-hydrogen) atoms. The molecule has 0 heterocycles. The number of hydrogen-bond acceptors (Lipinski definition) is 3. The average molecular weight is 359 g/mol. The summed E-state index contributed by atoms with van der Waals surface area (Å²) in [6.45, 7) is 7.92. The lowest BCUT2D eigenvalue weighted by Crippen LogP contribution is -2.20. The summed E-state index contributed by atoms with van der Waals surface area (Å²) >= 11 is 6.03. The first-order valence-corrected chi connectivity index (χ1v) is 8.57. The van der Waals surface area contributed by atoms with E-state index in [9.17, 15) is 4.79 Å². The summed E-state index contributed by atoms with van der Waals surface area (Å²) in [5.74, 6) is 0.503. The normalized spacial score (nSPS) is 11.1. The number of carbonyl (C=O) groups is 1. The standard InChI is InChI=1S/C20H23ClN2O2/c1-13(2)25-19-8-7-18(21)10-17(19)12-22-23-20(24)11-16-6-5-14(3)9-15(16)4/h5-10,12-13H,11H2,1-4H3,(H,23,24)/b22-12+. The van der Waals surface area contributed by atoms with E-state index < -0.39 is 0 Å². The smallest absolute Gasteiger partial charge is 0.244 e. The van der Waals surface area contributed by atoms with Gasteiger partial charge >= 0.3 is 0 Å². The molecule has 0 spiro atoms. The van der Waals surface area contributed by atoms with E-state index in [0.29, 0.717) is 16.3 Å². The van der Waals surface area contributed by atoms with Crippen molar-refractivity contribution in [1.29, 1.82) is 0 Å². The second-order valence-electron chi connectivity index (χ2n) is 6.25. The third-order valence-electron chi connectivity index (χ3n) is 3.58. The minimum atomic E-state index is -0.170. The number of halogens is 1. The van der Waals surface area contributed by atoms with Gasteiger partial charge in [-0.25, -0.2) is 5.43 Å². The molecule has 0 atom stereocenters. The lowest BCUT2D eigenvalue weighted by Gasteiger charge is -2.12. The number of nitrogens with one attached hydrogen (secondary N) is 1.